The summed E-state index contributed by atoms with van der Waals surface area (Å²) in [6.45, 7) is 7.73. The van der Waals surface area contributed by atoms with E-state index in [-0.39, 0.29) is 23.9 Å². The number of carbonyl (C=O) groups is 2. The SMILES string of the molecule is CC(CNC(=O)N1CCC(C(=O)N2CCOCC2)CC1)N1CCc2ccccc21. The molecule has 4 rings (SSSR count). The summed E-state index contributed by atoms with van der Waals surface area (Å²) < 4.78 is 5.33. The highest BCUT2D eigenvalue weighted by atomic mass is 16.5. The van der Waals surface area contributed by atoms with Gasteiger partial charge < -0.3 is 24.8 Å². The number of amides is 3. The lowest BCUT2D eigenvalue weighted by Gasteiger charge is -2.36. The molecule has 0 radical (unpaired) electrons. The number of piperidine rings is 1. The number of morpholine rings is 1. The first kappa shape index (κ1) is 20.0. The number of anilines is 1. The molecule has 3 aliphatic rings. The maximum Gasteiger partial charge on any atom is 0.317 e. The Morgan fingerprint density at radius 3 is 2.55 bits per heavy atom. The van der Waals surface area contributed by atoms with Crippen molar-refractivity contribution in [3.8, 4) is 0 Å². The van der Waals surface area contributed by atoms with Gasteiger partial charge in [0.25, 0.3) is 0 Å². The highest BCUT2D eigenvalue weighted by Gasteiger charge is 2.31. The Hall–Kier alpha value is -2.28. The van der Waals surface area contributed by atoms with Crippen LogP contribution in [0, 0.1) is 5.92 Å². The van der Waals surface area contributed by atoms with E-state index < -0.39 is 0 Å². The Kier molecular flexibility index (Phi) is 6.23. The van der Waals surface area contributed by atoms with Gasteiger partial charge in [-0.05, 0) is 37.8 Å². The van der Waals surface area contributed by atoms with Crippen molar-refractivity contribution in [2.75, 3.05) is 57.4 Å². The van der Waals surface area contributed by atoms with Gasteiger partial charge in [0.2, 0.25) is 5.91 Å². The van der Waals surface area contributed by atoms with Crippen LogP contribution >= 0.6 is 0 Å². The summed E-state index contributed by atoms with van der Waals surface area (Å²) >= 11 is 0. The molecule has 158 valence electrons. The first-order chi connectivity index (χ1) is 14.1. The molecular weight excluding hydrogens is 368 g/mol. The van der Waals surface area contributed by atoms with Crippen molar-refractivity contribution in [3.05, 3.63) is 29.8 Å². The normalized spacial score (nSPS) is 21.1. The maximum atomic E-state index is 12.6. The van der Waals surface area contributed by atoms with E-state index in [4.69, 9.17) is 4.74 Å². The number of hydrogen-bond acceptors (Lipinski definition) is 4. The molecule has 1 aromatic rings. The standard InChI is InChI=1S/C22H32N4O3/c1-17(26-11-8-18-4-2-3-5-20(18)26)16-23-22(28)25-9-6-19(7-10-25)21(27)24-12-14-29-15-13-24/h2-5,17,19H,6-16H2,1H3,(H,23,28). The molecule has 1 atom stereocenters. The van der Waals surface area contributed by atoms with E-state index in [1.54, 1.807) is 0 Å². The fourth-order valence-corrected chi connectivity index (χ4v) is 4.65. The van der Waals surface area contributed by atoms with E-state index in [2.05, 4.69) is 41.4 Å². The Bertz CT molecular complexity index is 727. The van der Waals surface area contributed by atoms with Crippen molar-refractivity contribution in [2.24, 2.45) is 5.92 Å². The average molecular weight is 401 g/mol. The molecule has 7 heteroatoms. The zero-order valence-corrected chi connectivity index (χ0v) is 17.3. The summed E-state index contributed by atoms with van der Waals surface area (Å²) in [6, 6.07) is 8.75. The van der Waals surface area contributed by atoms with Gasteiger partial charge in [-0.1, -0.05) is 18.2 Å². The second kappa shape index (κ2) is 9.03. The summed E-state index contributed by atoms with van der Waals surface area (Å²) in [5.41, 5.74) is 2.68. The van der Waals surface area contributed by atoms with Crippen molar-refractivity contribution < 1.29 is 14.3 Å². The third-order valence-electron chi connectivity index (χ3n) is 6.46. The van der Waals surface area contributed by atoms with Gasteiger partial charge in [-0.2, -0.15) is 0 Å². The molecule has 1 unspecified atom stereocenters. The van der Waals surface area contributed by atoms with Crippen molar-refractivity contribution in [3.63, 3.8) is 0 Å². The highest BCUT2D eigenvalue weighted by molar-refractivity contribution is 5.80. The second-order valence-electron chi connectivity index (χ2n) is 8.31. The van der Waals surface area contributed by atoms with E-state index in [1.165, 1.54) is 11.3 Å². The summed E-state index contributed by atoms with van der Waals surface area (Å²) in [5, 5.41) is 3.10. The van der Waals surface area contributed by atoms with Gasteiger partial charge in [-0.15, -0.1) is 0 Å². The van der Waals surface area contributed by atoms with Gasteiger partial charge in [-0.3, -0.25) is 4.79 Å². The predicted octanol–water partition coefficient (Wildman–Crippen LogP) is 1.72. The number of ether oxygens (including phenoxy) is 1. The second-order valence-corrected chi connectivity index (χ2v) is 8.31. The van der Waals surface area contributed by atoms with E-state index in [0.29, 0.717) is 45.9 Å². The summed E-state index contributed by atoms with van der Waals surface area (Å²) in [6.07, 6.45) is 2.57. The molecular formula is C22H32N4O3. The van der Waals surface area contributed by atoms with E-state index in [0.717, 1.165) is 25.8 Å². The minimum Gasteiger partial charge on any atom is -0.378 e. The van der Waals surface area contributed by atoms with Crippen LogP contribution < -0.4 is 10.2 Å². The molecule has 2 fully saturated rings. The molecule has 3 aliphatic heterocycles. The van der Waals surface area contributed by atoms with Crippen LogP contribution in [0.2, 0.25) is 0 Å². The fourth-order valence-electron chi connectivity index (χ4n) is 4.65. The lowest BCUT2D eigenvalue weighted by molar-refractivity contribution is -0.141. The molecule has 0 bridgehead atoms. The fraction of sp³-hybridized carbons (Fsp3) is 0.636. The Labute approximate surface area is 173 Å². The third-order valence-corrected chi connectivity index (χ3v) is 6.46. The molecule has 3 heterocycles. The quantitative estimate of drug-likeness (QED) is 0.836. The van der Waals surface area contributed by atoms with Gasteiger partial charge in [0.05, 0.1) is 13.2 Å². The summed E-state index contributed by atoms with van der Waals surface area (Å²) in [4.78, 5) is 31.4. The maximum absolute atomic E-state index is 12.6. The molecule has 1 N–H and O–H groups in total. The topological polar surface area (TPSA) is 65.1 Å². The minimum atomic E-state index is -0.0124. The highest BCUT2D eigenvalue weighted by Crippen LogP contribution is 2.29. The van der Waals surface area contributed by atoms with Crippen LogP contribution in [-0.4, -0.2) is 80.3 Å². The molecule has 3 amide bonds. The predicted molar refractivity (Wildman–Crippen MR) is 112 cm³/mol. The number of nitrogens with one attached hydrogen (secondary N) is 1. The van der Waals surface area contributed by atoms with Crippen LogP contribution in [0.3, 0.4) is 0 Å². The molecule has 29 heavy (non-hydrogen) atoms. The van der Waals surface area contributed by atoms with Crippen LogP contribution in [-0.2, 0) is 16.0 Å². The first-order valence-corrected chi connectivity index (χ1v) is 10.9. The Morgan fingerprint density at radius 2 is 1.79 bits per heavy atom. The molecule has 0 aliphatic carbocycles. The monoisotopic (exact) mass is 400 g/mol. The number of benzene rings is 1. The first-order valence-electron chi connectivity index (χ1n) is 10.9. The number of para-hydroxylation sites is 1. The molecule has 7 nitrogen and oxygen atoms in total. The Balaban J connectivity index is 1.21. The molecule has 0 aromatic heterocycles. The molecule has 2 saturated heterocycles. The third kappa shape index (κ3) is 4.50. The number of fused-ring (bicyclic) bond motifs is 1. The Morgan fingerprint density at radius 1 is 1.07 bits per heavy atom. The van der Waals surface area contributed by atoms with Gasteiger partial charge in [0.15, 0.2) is 0 Å². The van der Waals surface area contributed by atoms with Crippen molar-refractivity contribution in [1.29, 1.82) is 0 Å². The van der Waals surface area contributed by atoms with Gasteiger partial charge >= 0.3 is 6.03 Å². The van der Waals surface area contributed by atoms with Crippen LogP contribution in [0.15, 0.2) is 24.3 Å². The number of hydrogen-bond donors (Lipinski definition) is 1. The van der Waals surface area contributed by atoms with Gasteiger partial charge in [-0.25, -0.2) is 4.79 Å². The zero-order valence-electron chi connectivity index (χ0n) is 17.3. The summed E-state index contributed by atoms with van der Waals surface area (Å²) in [7, 11) is 0. The van der Waals surface area contributed by atoms with Crippen LogP contribution in [0.4, 0.5) is 10.5 Å². The number of urea groups is 1. The number of rotatable bonds is 4. The van der Waals surface area contributed by atoms with Gasteiger partial charge in [0.1, 0.15) is 0 Å². The van der Waals surface area contributed by atoms with Crippen LogP contribution in [0.1, 0.15) is 25.3 Å². The number of carbonyl (C=O) groups excluding carboxylic acids is 2. The lowest BCUT2D eigenvalue weighted by atomic mass is 9.95. The largest absolute Gasteiger partial charge is 0.378 e. The van der Waals surface area contributed by atoms with E-state index >= 15 is 0 Å². The lowest BCUT2D eigenvalue weighted by Crippen LogP contribution is -2.51. The van der Waals surface area contributed by atoms with Crippen molar-refractivity contribution in [2.45, 2.75) is 32.2 Å². The molecule has 1 aromatic carbocycles. The summed E-state index contributed by atoms with van der Waals surface area (Å²) in [5.74, 6) is 0.270. The van der Waals surface area contributed by atoms with Crippen LogP contribution in [0.25, 0.3) is 0 Å². The minimum absolute atomic E-state index is 0.0124. The molecule has 0 spiro atoms. The smallest absolute Gasteiger partial charge is 0.317 e. The zero-order chi connectivity index (χ0) is 20.2. The van der Waals surface area contributed by atoms with Crippen molar-refractivity contribution in [1.82, 2.24) is 15.1 Å². The van der Waals surface area contributed by atoms with E-state index in [1.807, 2.05) is 9.80 Å². The van der Waals surface area contributed by atoms with E-state index in [9.17, 15) is 9.59 Å². The average Bonchev–Trinajstić information content (AvgIpc) is 3.22. The number of nitrogens with zero attached hydrogens (tertiary/aromatic N) is 3. The van der Waals surface area contributed by atoms with Crippen LogP contribution in [0.5, 0.6) is 0 Å². The molecule has 0 saturated carbocycles. The number of likely N-dealkylation sites (tertiary alicyclic amines) is 1. The van der Waals surface area contributed by atoms with Gasteiger partial charge in [0, 0.05) is 56.9 Å². The van der Waals surface area contributed by atoms with Crippen molar-refractivity contribution >= 4 is 17.6 Å².